The summed E-state index contributed by atoms with van der Waals surface area (Å²) in [7, 11) is 0. The van der Waals surface area contributed by atoms with Crippen molar-refractivity contribution in [1.82, 2.24) is 0 Å². The van der Waals surface area contributed by atoms with Crippen LogP contribution >= 0.6 is 0 Å². The lowest BCUT2D eigenvalue weighted by Gasteiger charge is -2.02. The van der Waals surface area contributed by atoms with Crippen LogP contribution in [0.3, 0.4) is 0 Å². The molecule has 0 unspecified atom stereocenters. The zero-order valence-electron chi connectivity index (χ0n) is 7.70. The molecule has 0 fully saturated rings. The fourth-order valence-corrected chi connectivity index (χ4v) is 0.697. The van der Waals surface area contributed by atoms with Crippen molar-refractivity contribution in [3.8, 4) is 0 Å². The Labute approximate surface area is 60.7 Å². The van der Waals surface area contributed by atoms with Crippen molar-refractivity contribution in [2.24, 2.45) is 5.92 Å². The molecule has 0 aromatic carbocycles. The number of hydrogen-bond donors (Lipinski definition) is 0. The molecule has 0 aliphatic rings. The summed E-state index contributed by atoms with van der Waals surface area (Å²) in [5.74, 6) is 0.949. The summed E-state index contributed by atoms with van der Waals surface area (Å²) in [4.78, 5) is 0. The van der Waals surface area contributed by atoms with Crippen LogP contribution in [0.1, 0.15) is 53.9 Å². The van der Waals surface area contributed by atoms with Gasteiger partial charge in [0.05, 0.1) is 0 Å². The van der Waals surface area contributed by atoms with Crippen LogP contribution in [0.2, 0.25) is 0 Å². The van der Waals surface area contributed by atoms with Gasteiger partial charge in [-0.15, -0.1) is 0 Å². The third-order valence-corrected chi connectivity index (χ3v) is 1.48. The molecule has 0 saturated heterocycles. The number of hydrogen-bond acceptors (Lipinski definition) is 0. The van der Waals surface area contributed by atoms with E-state index in [9.17, 15) is 0 Å². The SMILES string of the molecule is CC.CCC[C@@H](C)CC. The van der Waals surface area contributed by atoms with Crippen LogP contribution in [0, 0.1) is 5.92 Å². The summed E-state index contributed by atoms with van der Waals surface area (Å²) in [5, 5.41) is 0. The Balaban J connectivity index is 0. The van der Waals surface area contributed by atoms with Crippen LogP contribution in [0.15, 0.2) is 0 Å². The lowest BCUT2D eigenvalue weighted by Crippen LogP contribution is -1.88. The van der Waals surface area contributed by atoms with Gasteiger partial charge >= 0.3 is 0 Å². The van der Waals surface area contributed by atoms with Gasteiger partial charge in [-0.3, -0.25) is 0 Å². The van der Waals surface area contributed by atoms with E-state index in [2.05, 4.69) is 20.8 Å². The highest BCUT2D eigenvalue weighted by Gasteiger charge is 1.92. The minimum Gasteiger partial charge on any atom is -0.0683 e. The molecule has 0 amide bonds. The van der Waals surface area contributed by atoms with Gasteiger partial charge < -0.3 is 0 Å². The molecular formula is C9H22. The summed E-state index contributed by atoms with van der Waals surface area (Å²) in [6.45, 7) is 10.8. The standard InChI is InChI=1S/C7H16.C2H6/c1-4-6-7(3)5-2;1-2/h7H,4-6H2,1-3H3;1-2H3/t7-;/m0./s1. The van der Waals surface area contributed by atoms with E-state index in [-0.39, 0.29) is 0 Å². The smallest absolute Gasteiger partial charge is 0.0446 e. The van der Waals surface area contributed by atoms with Gasteiger partial charge in [0.15, 0.2) is 0 Å². The molecule has 0 aromatic rings. The van der Waals surface area contributed by atoms with E-state index < -0.39 is 0 Å². The highest BCUT2D eigenvalue weighted by molar-refractivity contribution is 4.45. The minimum atomic E-state index is 0.949. The van der Waals surface area contributed by atoms with Crippen LogP contribution in [-0.2, 0) is 0 Å². The Morgan fingerprint density at radius 1 is 1.11 bits per heavy atom. The van der Waals surface area contributed by atoms with Gasteiger partial charge in [0, 0.05) is 0 Å². The van der Waals surface area contributed by atoms with Crippen LogP contribution in [0.25, 0.3) is 0 Å². The quantitative estimate of drug-likeness (QED) is 0.544. The Hall–Kier alpha value is 0. The summed E-state index contributed by atoms with van der Waals surface area (Å²) >= 11 is 0. The molecule has 58 valence electrons. The molecular weight excluding hydrogens is 108 g/mol. The molecule has 0 aliphatic carbocycles. The van der Waals surface area contributed by atoms with Gasteiger partial charge in [-0.05, 0) is 5.92 Å². The second kappa shape index (κ2) is 10.9. The van der Waals surface area contributed by atoms with E-state index >= 15 is 0 Å². The van der Waals surface area contributed by atoms with Crippen LogP contribution in [-0.4, -0.2) is 0 Å². The van der Waals surface area contributed by atoms with E-state index in [0.29, 0.717) is 0 Å². The molecule has 1 atom stereocenters. The zero-order chi connectivity index (χ0) is 7.70. The van der Waals surface area contributed by atoms with E-state index in [4.69, 9.17) is 0 Å². The molecule has 0 heteroatoms. The number of rotatable bonds is 3. The Morgan fingerprint density at radius 2 is 1.56 bits per heavy atom. The highest BCUT2D eigenvalue weighted by atomic mass is 14.0. The van der Waals surface area contributed by atoms with Gasteiger partial charge in [0.2, 0.25) is 0 Å². The predicted octanol–water partition coefficient (Wildman–Crippen LogP) is 3.86. The molecule has 0 bridgehead atoms. The van der Waals surface area contributed by atoms with Crippen molar-refractivity contribution < 1.29 is 0 Å². The van der Waals surface area contributed by atoms with Crippen molar-refractivity contribution >= 4 is 0 Å². The van der Waals surface area contributed by atoms with Crippen molar-refractivity contribution in [2.75, 3.05) is 0 Å². The summed E-state index contributed by atoms with van der Waals surface area (Å²) < 4.78 is 0. The van der Waals surface area contributed by atoms with Crippen molar-refractivity contribution in [3.63, 3.8) is 0 Å². The first-order valence-corrected chi connectivity index (χ1v) is 4.31. The molecule has 0 nitrogen and oxygen atoms in total. The first kappa shape index (κ1) is 11.8. The molecule has 0 heterocycles. The summed E-state index contributed by atoms with van der Waals surface area (Å²) in [5.41, 5.74) is 0. The fraction of sp³-hybridized carbons (Fsp3) is 1.00. The predicted molar refractivity (Wildman–Crippen MR) is 45.7 cm³/mol. The molecule has 0 radical (unpaired) electrons. The normalized spacial score (nSPS) is 11.7. The lowest BCUT2D eigenvalue weighted by molar-refractivity contribution is 0.509. The third kappa shape index (κ3) is 11.5. The third-order valence-electron chi connectivity index (χ3n) is 1.48. The lowest BCUT2D eigenvalue weighted by atomic mass is 10.0. The minimum absolute atomic E-state index is 0.949. The van der Waals surface area contributed by atoms with E-state index in [1.807, 2.05) is 13.8 Å². The Bertz CT molecular complexity index is 31.0. The summed E-state index contributed by atoms with van der Waals surface area (Å²) in [6.07, 6.45) is 4.08. The largest absolute Gasteiger partial charge is 0.0683 e. The Kier molecular flexibility index (Phi) is 14.2. The molecule has 0 aromatic heterocycles. The maximum atomic E-state index is 2.31. The second-order valence-electron chi connectivity index (χ2n) is 2.30. The Morgan fingerprint density at radius 3 is 1.67 bits per heavy atom. The van der Waals surface area contributed by atoms with Gasteiger partial charge in [-0.25, -0.2) is 0 Å². The highest BCUT2D eigenvalue weighted by Crippen LogP contribution is 2.07. The zero-order valence-corrected chi connectivity index (χ0v) is 7.70. The van der Waals surface area contributed by atoms with Crippen LogP contribution in [0.4, 0.5) is 0 Å². The van der Waals surface area contributed by atoms with Crippen molar-refractivity contribution in [2.45, 2.75) is 53.9 Å². The molecule has 9 heavy (non-hydrogen) atoms. The van der Waals surface area contributed by atoms with Gasteiger partial charge in [0.25, 0.3) is 0 Å². The molecule has 0 N–H and O–H groups in total. The van der Waals surface area contributed by atoms with E-state index in [1.165, 1.54) is 19.3 Å². The van der Waals surface area contributed by atoms with Crippen LogP contribution in [0.5, 0.6) is 0 Å². The van der Waals surface area contributed by atoms with Gasteiger partial charge in [-0.1, -0.05) is 53.9 Å². The van der Waals surface area contributed by atoms with Gasteiger partial charge in [0.1, 0.15) is 0 Å². The topological polar surface area (TPSA) is 0 Å². The molecule has 0 aliphatic heterocycles. The van der Waals surface area contributed by atoms with Gasteiger partial charge in [-0.2, -0.15) is 0 Å². The maximum absolute atomic E-state index is 2.31. The molecule has 0 spiro atoms. The second-order valence-corrected chi connectivity index (χ2v) is 2.30. The monoisotopic (exact) mass is 130 g/mol. The maximum Gasteiger partial charge on any atom is -0.0446 e. The van der Waals surface area contributed by atoms with Crippen molar-refractivity contribution in [1.29, 1.82) is 0 Å². The van der Waals surface area contributed by atoms with Crippen molar-refractivity contribution in [3.05, 3.63) is 0 Å². The fourth-order valence-electron chi connectivity index (χ4n) is 0.697. The summed E-state index contributed by atoms with van der Waals surface area (Å²) in [6, 6.07) is 0. The van der Waals surface area contributed by atoms with Crippen LogP contribution < -0.4 is 0 Å². The van der Waals surface area contributed by atoms with E-state index in [0.717, 1.165) is 5.92 Å². The average Bonchev–Trinajstić information content (AvgIpc) is 1.93. The first-order valence-electron chi connectivity index (χ1n) is 4.31. The average molecular weight is 130 g/mol. The molecule has 0 saturated carbocycles. The molecule has 0 rings (SSSR count). The van der Waals surface area contributed by atoms with E-state index in [1.54, 1.807) is 0 Å². The first-order chi connectivity index (χ1) is 4.31.